The summed E-state index contributed by atoms with van der Waals surface area (Å²) < 4.78 is 18.0. The van der Waals surface area contributed by atoms with Gasteiger partial charge in [0.25, 0.3) is 5.91 Å². The summed E-state index contributed by atoms with van der Waals surface area (Å²) in [5.74, 6) is 1.58. The molecule has 0 aromatic heterocycles. The van der Waals surface area contributed by atoms with Crippen LogP contribution in [0.5, 0.6) is 17.2 Å². The van der Waals surface area contributed by atoms with Crippen LogP contribution in [0, 0.1) is 0 Å². The quantitative estimate of drug-likeness (QED) is 0.691. The van der Waals surface area contributed by atoms with E-state index in [-0.39, 0.29) is 19.1 Å². The van der Waals surface area contributed by atoms with Crippen molar-refractivity contribution in [2.75, 3.05) is 26.4 Å². The van der Waals surface area contributed by atoms with Gasteiger partial charge in [-0.3, -0.25) is 9.69 Å². The molecular weight excluding hydrogens is 440 g/mol. The van der Waals surface area contributed by atoms with Crippen molar-refractivity contribution in [1.82, 2.24) is 10.2 Å². The number of amides is 3. The van der Waals surface area contributed by atoms with Crippen LogP contribution in [-0.4, -0.2) is 43.2 Å². The first-order valence-corrected chi connectivity index (χ1v) is 10.2. The summed E-state index contributed by atoms with van der Waals surface area (Å²) in [5, 5.41) is 2.80. The molecule has 0 spiro atoms. The Morgan fingerprint density at radius 1 is 1.10 bits per heavy atom. The topological polar surface area (TPSA) is 77.1 Å². The van der Waals surface area contributed by atoms with Gasteiger partial charge in [-0.2, -0.15) is 0 Å². The number of halogens is 1. The molecule has 29 heavy (non-hydrogen) atoms. The number of fused-ring (bicyclic) bond motifs is 1. The van der Waals surface area contributed by atoms with Gasteiger partial charge in [0.05, 0.1) is 19.8 Å². The monoisotopic (exact) mass is 460 g/mol. The predicted octanol–water partition coefficient (Wildman–Crippen LogP) is 3.46. The number of imide groups is 1. The molecule has 2 aliphatic heterocycles. The molecule has 1 saturated heterocycles. The molecule has 7 nitrogen and oxygen atoms in total. The van der Waals surface area contributed by atoms with Gasteiger partial charge in [0.15, 0.2) is 11.5 Å². The molecule has 2 aromatic rings. The van der Waals surface area contributed by atoms with Crippen molar-refractivity contribution in [3.63, 3.8) is 0 Å². The highest BCUT2D eigenvalue weighted by Crippen LogP contribution is 2.36. The molecule has 0 aliphatic carbocycles. The summed E-state index contributed by atoms with van der Waals surface area (Å²) in [6.07, 6.45) is 0.795. The van der Waals surface area contributed by atoms with Crippen LogP contribution in [-0.2, 0) is 10.3 Å². The maximum absolute atomic E-state index is 13.1. The number of hydrogen-bond donors (Lipinski definition) is 1. The van der Waals surface area contributed by atoms with Crippen LogP contribution in [0.15, 0.2) is 46.9 Å². The third-order valence-corrected chi connectivity index (χ3v) is 5.53. The Morgan fingerprint density at radius 3 is 2.59 bits per heavy atom. The highest BCUT2D eigenvalue weighted by atomic mass is 79.9. The molecule has 8 heteroatoms. The predicted molar refractivity (Wildman–Crippen MR) is 109 cm³/mol. The fourth-order valence-corrected chi connectivity index (χ4v) is 3.62. The zero-order valence-corrected chi connectivity index (χ0v) is 17.5. The van der Waals surface area contributed by atoms with Crippen molar-refractivity contribution < 1.29 is 23.8 Å². The minimum absolute atomic E-state index is 0.154. The lowest BCUT2D eigenvalue weighted by atomic mass is 9.91. The van der Waals surface area contributed by atoms with E-state index in [2.05, 4.69) is 21.2 Å². The largest absolute Gasteiger partial charge is 0.492 e. The van der Waals surface area contributed by atoms with Gasteiger partial charge >= 0.3 is 6.03 Å². The Hall–Kier alpha value is -2.74. The van der Waals surface area contributed by atoms with Crippen LogP contribution in [0.2, 0.25) is 0 Å². The third-order valence-electron chi connectivity index (χ3n) is 5.00. The zero-order valence-electron chi connectivity index (χ0n) is 15.9. The Balaban J connectivity index is 1.46. The Kier molecular flexibility index (Phi) is 5.36. The third kappa shape index (κ3) is 3.89. The van der Waals surface area contributed by atoms with Gasteiger partial charge in [0, 0.05) is 10.9 Å². The lowest BCUT2D eigenvalue weighted by Gasteiger charge is -2.23. The van der Waals surface area contributed by atoms with Gasteiger partial charge < -0.3 is 19.5 Å². The van der Waals surface area contributed by atoms with E-state index in [4.69, 9.17) is 14.2 Å². The number of carbonyl (C=O) groups is 2. The number of rotatable bonds is 5. The second-order valence-electron chi connectivity index (χ2n) is 7.03. The van der Waals surface area contributed by atoms with E-state index in [0.717, 1.165) is 10.9 Å². The number of ether oxygens (including phenoxy) is 3. The fraction of sp³-hybridized carbons (Fsp3) is 0.333. The molecule has 1 fully saturated rings. The number of hydrogen-bond acceptors (Lipinski definition) is 5. The zero-order chi connectivity index (χ0) is 20.4. The summed E-state index contributed by atoms with van der Waals surface area (Å²) in [7, 11) is 0. The Morgan fingerprint density at radius 2 is 1.83 bits per heavy atom. The summed E-state index contributed by atoms with van der Waals surface area (Å²) in [5.41, 5.74) is -0.518. The summed E-state index contributed by atoms with van der Waals surface area (Å²) in [6, 6.07) is 12.3. The second kappa shape index (κ2) is 7.94. The van der Waals surface area contributed by atoms with Crippen LogP contribution in [0.4, 0.5) is 4.79 Å². The number of urea groups is 1. The smallest absolute Gasteiger partial charge is 0.325 e. The summed E-state index contributed by atoms with van der Waals surface area (Å²) in [4.78, 5) is 26.7. The second-order valence-corrected chi connectivity index (χ2v) is 7.94. The number of nitrogens with zero attached hydrogens (tertiary/aromatic N) is 1. The van der Waals surface area contributed by atoms with Gasteiger partial charge in [-0.25, -0.2) is 4.79 Å². The SMILES string of the molecule is C[C@@]1(c2ccc3c(c2)OCCCO3)NC(=O)N(CCOc2ccc(Br)cc2)C1=O. The first kappa shape index (κ1) is 19.6. The molecule has 4 rings (SSSR count). The lowest BCUT2D eigenvalue weighted by Crippen LogP contribution is -2.41. The van der Waals surface area contributed by atoms with E-state index >= 15 is 0 Å². The van der Waals surface area contributed by atoms with Crippen LogP contribution < -0.4 is 19.5 Å². The molecule has 0 unspecified atom stereocenters. The summed E-state index contributed by atoms with van der Waals surface area (Å²) >= 11 is 3.37. The fourth-order valence-electron chi connectivity index (χ4n) is 3.36. The van der Waals surface area contributed by atoms with E-state index in [0.29, 0.717) is 36.0 Å². The summed E-state index contributed by atoms with van der Waals surface area (Å²) in [6.45, 7) is 3.19. The average molecular weight is 461 g/mol. The first-order chi connectivity index (χ1) is 14.0. The maximum Gasteiger partial charge on any atom is 0.325 e. The molecule has 0 bridgehead atoms. The van der Waals surface area contributed by atoms with Gasteiger partial charge in [0.1, 0.15) is 17.9 Å². The molecule has 0 saturated carbocycles. The van der Waals surface area contributed by atoms with Gasteiger partial charge in [0.2, 0.25) is 0 Å². The van der Waals surface area contributed by atoms with E-state index in [9.17, 15) is 9.59 Å². The normalized spacial score (nSPS) is 21.0. The maximum atomic E-state index is 13.1. The van der Waals surface area contributed by atoms with E-state index in [1.165, 1.54) is 4.90 Å². The highest BCUT2D eigenvalue weighted by Gasteiger charge is 2.49. The molecular formula is C21H21BrN2O5. The highest BCUT2D eigenvalue weighted by molar-refractivity contribution is 9.10. The minimum atomic E-state index is -1.17. The molecule has 0 radical (unpaired) electrons. The molecule has 3 amide bonds. The standard InChI is InChI=1S/C21H21BrN2O5/c1-21(14-3-8-17-18(13-14)29-11-2-10-28-17)19(25)24(20(26)23-21)9-12-27-16-6-4-15(22)5-7-16/h3-8,13H,2,9-12H2,1H3,(H,23,26)/t21-/m0/s1. The number of carbonyl (C=O) groups excluding carboxylic acids is 2. The average Bonchev–Trinajstić information content (AvgIpc) is 2.87. The van der Waals surface area contributed by atoms with Gasteiger partial charge in [-0.15, -0.1) is 0 Å². The Labute approximate surface area is 177 Å². The van der Waals surface area contributed by atoms with Crippen molar-refractivity contribution in [1.29, 1.82) is 0 Å². The Bertz CT molecular complexity index is 933. The van der Waals surface area contributed by atoms with Crippen LogP contribution in [0.3, 0.4) is 0 Å². The molecule has 2 aromatic carbocycles. The van der Waals surface area contributed by atoms with E-state index in [1.807, 2.05) is 24.3 Å². The molecule has 1 atom stereocenters. The minimum Gasteiger partial charge on any atom is -0.492 e. The molecule has 152 valence electrons. The lowest BCUT2D eigenvalue weighted by molar-refractivity contribution is -0.131. The van der Waals surface area contributed by atoms with Crippen LogP contribution in [0.25, 0.3) is 0 Å². The van der Waals surface area contributed by atoms with E-state index < -0.39 is 11.6 Å². The van der Waals surface area contributed by atoms with Crippen molar-refractivity contribution in [3.05, 3.63) is 52.5 Å². The first-order valence-electron chi connectivity index (χ1n) is 9.40. The van der Waals surface area contributed by atoms with Gasteiger partial charge in [-0.1, -0.05) is 22.0 Å². The molecule has 2 heterocycles. The van der Waals surface area contributed by atoms with Crippen molar-refractivity contribution in [2.45, 2.75) is 18.9 Å². The van der Waals surface area contributed by atoms with Crippen LogP contribution >= 0.6 is 15.9 Å². The van der Waals surface area contributed by atoms with E-state index in [1.54, 1.807) is 25.1 Å². The van der Waals surface area contributed by atoms with Gasteiger partial charge in [-0.05, 0) is 48.9 Å². The van der Waals surface area contributed by atoms with Crippen molar-refractivity contribution in [3.8, 4) is 17.2 Å². The van der Waals surface area contributed by atoms with Crippen molar-refractivity contribution in [2.24, 2.45) is 0 Å². The number of benzene rings is 2. The van der Waals surface area contributed by atoms with Crippen LogP contribution in [0.1, 0.15) is 18.9 Å². The number of nitrogens with one attached hydrogen (secondary N) is 1. The molecule has 1 N–H and O–H groups in total. The molecule has 2 aliphatic rings. The van der Waals surface area contributed by atoms with Crippen molar-refractivity contribution >= 4 is 27.9 Å².